The predicted octanol–water partition coefficient (Wildman–Crippen LogP) is 3.79. The molecule has 1 aliphatic heterocycles. The average Bonchev–Trinajstić information content (AvgIpc) is 2.71. The van der Waals surface area contributed by atoms with Crippen LogP contribution in [0.15, 0.2) is 48.7 Å². The highest BCUT2D eigenvalue weighted by atomic mass is 15.3. The fourth-order valence-corrected chi connectivity index (χ4v) is 3.53. The van der Waals surface area contributed by atoms with Gasteiger partial charge in [0.15, 0.2) is 5.82 Å². The Morgan fingerprint density at radius 2 is 1.59 bits per heavy atom. The summed E-state index contributed by atoms with van der Waals surface area (Å²) in [7, 11) is 0. The van der Waals surface area contributed by atoms with Crippen molar-refractivity contribution in [3.8, 4) is 11.5 Å². The molecule has 1 aliphatic rings. The zero-order chi connectivity index (χ0) is 18.8. The third-order valence-electron chi connectivity index (χ3n) is 5.20. The Balaban J connectivity index is 1.57. The molecule has 27 heavy (non-hydrogen) atoms. The first-order chi connectivity index (χ1) is 13.1. The number of nitrogens with zero attached hydrogens (tertiary/aromatic N) is 5. The number of aryl methyl sites for hydroxylation is 2. The van der Waals surface area contributed by atoms with E-state index in [4.69, 9.17) is 4.98 Å². The largest absolute Gasteiger partial charge is 0.368 e. The highest BCUT2D eigenvalue weighted by molar-refractivity contribution is 5.58. The van der Waals surface area contributed by atoms with E-state index in [2.05, 4.69) is 64.8 Å². The minimum Gasteiger partial charge on any atom is -0.368 e. The van der Waals surface area contributed by atoms with E-state index in [1.165, 1.54) is 11.3 Å². The number of hydrogen-bond acceptors (Lipinski definition) is 5. The molecule has 3 heterocycles. The second-order valence-electron chi connectivity index (χ2n) is 7.11. The third-order valence-corrected chi connectivity index (χ3v) is 5.20. The molecule has 3 aromatic rings. The van der Waals surface area contributed by atoms with Crippen molar-refractivity contribution in [2.45, 2.75) is 20.8 Å². The maximum Gasteiger partial charge on any atom is 0.180 e. The number of rotatable bonds is 3. The second-order valence-corrected chi connectivity index (χ2v) is 7.11. The van der Waals surface area contributed by atoms with Gasteiger partial charge >= 0.3 is 0 Å². The van der Waals surface area contributed by atoms with Gasteiger partial charge in [-0.2, -0.15) is 0 Å². The van der Waals surface area contributed by atoms with Gasteiger partial charge in [0.25, 0.3) is 0 Å². The highest BCUT2D eigenvalue weighted by Gasteiger charge is 2.22. The minimum absolute atomic E-state index is 0.704. The van der Waals surface area contributed by atoms with Crippen molar-refractivity contribution in [2.75, 3.05) is 36.0 Å². The van der Waals surface area contributed by atoms with Crippen molar-refractivity contribution >= 4 is 11.5 Å². The Morgan fingerprint density at radius 3 is 2.30 bits per heavy atom. The summed E-state index contributed by atoms with van der Waals surface area (Å²) in [6.45, 7) is 10.2. The molecule has 1 aromatic carbocycles. The molecule has 0 aliphatic carbocycles. The summed E-state index contributed by atoms with van der Waals surface area (Å²) < 4.78 is 0. The van der Waals surface area contributed by atoms with Crippen LogP contribution in [0.3, 0.4) is 0 Å². The Kier molecular flexibility index (Phi) is 4.75. The zero-order valence-electron chi connectivity index (χ0n) is 16.2. The van der Waals surface area contributed by atoms with Crippen molar-refractivity contribution in [2.24, 2.45) is 0 Å². The lowest BCUT2D eigenvalue weighted by Gasteiger charge is -2.37. The lowest BCUT2D eigenvalue weighted by molar-refractivity contribution is 0.644. The Labute approximate surface area is 160 Å². The first kappa shape index (κ1) is 17.5. The number of pyridine rings is 1. The van der Waals surface area contributed by atoms with Crippen LogP contribution >= 0.6 is 0 Å². The van der Waals surface area contributed by atoms with Crippen LogP contribution in [0.5, 0.6) is 0 Å². The molecule has 4 rings (SSSR count). The van der Waals surface area contributed by atoms with E-state index in [-0.39, 0.29) is 0 Å². The second kappa shape index (κ2) is 7.35. The summed E-state index contributed by atoms with van der Waals surface area (Å²) in [5, 5.41) is 0. The van der Waals surface area contributed by atoms with Gasteiger partial charge in [-0.1, -0.05) is 18.2 Å². The fourth-order valence-electron chi connectivity index (χ4n) is 3.53. The van der Waals surface area contributed by atoms with Gasteiger partial charge in [-0.3, -0.25) is 4.98 Å². The van der Waals surface area contributed by atoms with Gasteiger partial charge in [-0.15, -0.1) is 0 Å². The maximum atomic E-state index is 4.87. The van der Waals surface area contributed by atoms with Gasteiger partial charge in [-0.05, 0) is 50.6 Å². The van der Waals surface area contributed by atoms with E-state index >= 15 is 0 Å². The molecule has 5 heteroatoms. The molecule has 0 radical (unpaired) electrons. The van der Waals surface area contributed by atoms with E-state index in [0.29, 0.717) is 5.82 Å². The topological polar surface area (TPSA) is 45.2 Å². The molecular weight excluding hydrogens is 334 g/mol. The highest BCUT2D eigenvalue weighted by Crippen LogP contribution is 2.26. The van der Waals surface area contributed by atoms with E-state index in [0.717, 1.165) is 48.9 Å². The first-order valence-electron chi connectivity index (χ1n) is 9.45. The molecule has 2 aromatic heterocycles. The number of anilines is 2. The van der Waals surface area contributed by atoms with Gasteiger partial charge in [0.2, 0.25) is 0 Å². The van der Waals surface area contributed by atoms with E-state index in [1.54, 1.807) is 6.20 Å². The summed E-state index contributed by atoms with van der Waals surface area (Å²) >= 11 is 0. The van der Waals surface area contributed by atoms with Crippen LogP contribution in [-0.4, -0.2) is 41.1 Å². The van der Waals surface area contributed by atoms with Crippen LogP contribution < -0.4 is 9.80 Å². The average molecular weight is 359 g/mol. The molecule has 0 N–H and O–H groups in total. The van der Waals surface area contributed by atoms with Gasteiger partial charge in [-0.25, -0.2) is 9.97 Å². The third kappa shape index (κ3) is 3.63. The predicted molar refractivity (Wildman–Crippen MR) is 110 cm³/mol. The van der Waals surface area contributed by atoms with E-state index < -0.39 is 0 Å². The monoisotopic (exact) mass is 359 g/mol. The van der Waals surface area contributed by atoms with Crippen molar-refractivity contribution in [1.82, 2.24) is 15.0 Å². The van der Waals surface area contributed by atoms with Crippen molar-refractivity contribution < 1.29 is 0 Å². The Bertz CT molecular complexity index is 931. The summed E-state index contributed by atoms with van der Waals surface area (Å²) in [4.78, 5) is 18.8. The number of hydrogen-bond donors (Lipinski definition) is 0. The van der Waals surface area contributed by atoms with Crippen LogP contribution in [0, 0.1) is 20.8 Å². The summed E-state index contributed by atoms with van der Waals surface area (Å²) in [6.07, 6.45) is 1.79. The van der Waals surface area contributed by atoms with Gasteiger partial charge in [0.1, 0.15) is 11.5 Å². The molecule has 0 saturated carbocycles. The molecule has 0 spiro atoms. The Hall–Kier alpha value is -2.95. The van der Waals surface area contributed by atoms with Gasteiger partial charge < -0.3 is 9.80 Å². The van der Waals surface area contributed by atoms with E-state index in [9.17, 15) is 0 Å². The maximum absolute atomic E-state index is 4.87. The van der Waals surface area contributed by atoms with Gasteiger partial charge in [0.05, 0.1) is 0 Å². The van der Waals surface area contributed by atoms with Crippen LogP contribution in [0.25, 0.3) is 11.5 Å². The SMILES string of the molecule is Cc1cccc(N2CCN(c3nc(-c4ccccn4)nc(C)c3C)CC2)c1. The van der Waals surface area contributed by atoms with Crippen molar-refractivity contribution in [3.05, 3.63) is 65.5 Å². The van der Waals surface area contributed by atoms with Crippen LogP contribution in [0.4, 0.5) is 11.5 Å². The summed E-state index contributed by atoms with van der Waals surface area (Å²) in [5.41, 5.74) is 5.59. The Morgan fingerprint density at radius 1 is 0.815 bits per heavy atom. The lowest BCUT2D eigenvalue weighted by Crippen LogP contribution is -2.47. The zero-order valence-corrected chi connectivity index (χ0v) is 16.2. The molecular formula is C22H25N5. The van der Waals surface area contributed by atoms with Crippen molar-refractivity contribution in [1.29, 1.82) is 0 Å². The smallest absolute Gasteiger partial charge is 0.180 e. The van der Waals surface area contributed by atoms with Gasteiger partial charge in [0, 0.05) is 49.3 Å². The lowest BCUT2D eigenvalue weighted by atomic mass is 10.1. The normalized spacial score (nSPS) is 14.5. The first-order valence-corrected chi connectivity index (χ1v) is 9.45. The number of aromatic nitrogens is 3. The fraction of sp³-hybridized carbons (Fsp3) is 0.318. The summed E-state index contributed by atoms with van der Waals surface area (Å²) in [6, 6.07) is 14.6. The standard InChI is InChI=1S/C22H25N5/c1-16-7-6-8-19(15-16)26-11-13-27(14-12-26)22-17(2)18(3)24-21(25-22)20-9-4-5-10-23-20/h4-10,15H,11-14H2,1-3H3. The number of piperazine rings is 1. The van der Waals surface area contributed by atoms with Crippen LogP contribution in [-0.2, 0) is 0 Å². The van der Waals surface area contributed by atoms with Crippen LogP contribution in [0.2, 0.25) is 0 Å². The molecule has 1 saturated heterocycles. The summed E-state index contributed by atoms with van der Waals surface area (Å²) in [5.74, 6) is 1.74. The molecule has 0 atom stereocenters. The van der Waals surface area contributed by atoms with Crippen LogP contribution in [0.1, 0.15) is 16.8 Å². The minimum atomic E-state index is 0.704. The molecule has 138 valence electrons. The van der Waals surface area contributed by atoms with Crippen molar-refractivity contribution in [3.63, 3.8) is 0 Å². The molecule has 0 amide bonds. The quantitative estimate of drug-likeness (QED) is 0.712. The molecule has 5 nitrogen and oxygen atoms in total. The molecule has 0 unspecified atom stereocenters. The van der Waals surface area contributed by atoms with E-state index in [1.807, 2.05) is 18.2 Å². The molecule has 0 bridgehead atoms. The number of benzene rings is 1. The molecule has 1 fully saturated rings.